The molecule has 8 rings (SSSR count). The van der Waals surface area contributed by atoms with Gasteiger partial charge in [-0.3, -0.25) is 0 Å². The van der Waals surface area contributed by atoms with Gasteiger partial charge in [-0.2, -0.15) is 5.26 Å². The Morgan fingerprint density at radius 1 is 0.333 bits per heavy atom. The van der Waals surface area contributed by atoms with E-state index in [1.807, 2.05) is 78.9 Å². The normalized spacial score (nSPS) is 10.9. The summed E-state index contributed by atoms with van der Waals surface area (Å²) in [6.45, 7) is 0. The zero-order valence-electron chi connectivity index (χ0n) is 26.0. The summed E-state index contributed by atoms with van der Waals surface area (Å²) in [4.78, 5) is 14.5. The lowest BCUT2D eigenvalue weighted by Gasteiger charge is -2.13. The van der Waals surface area contributed by atoms with Crippen LogP contribution in [0.2, 0.25) is 0 Å². The maximum absolute atomic E-state index is 9.43. The van der Waals surface area contributed by atoms with E-state index in [0.717, 1.165) is 49.9 Å². The third-order valence-corrected chi connectivity index (χ3v) is 8.60. The van der Waals surface area contributed by atoms with Crippen LogP contribution in [0, 0.1) is 11.3 Å². The Hall–Kier alpha value is -6.70. The van der Waals surface area contributed by atoms with E-state index in [4.69, 9.17) is 15.0 Å². The quantitative estimate of drug-likeness (QED) is 0.187. The van der Waals surface area contributed by atoms with Crippen LogP contribution in [0.25, 0.3) is 78.3 Å². The molecule has 0 aliphatic heterocycles. The van der Waals surface area contributed by atoms with E-state index < -0.39 is 0 Å². The highest BCUT2D eigenvalue weighted by Gasteiger charge is 2.13. The van der Waals surface area contributed by atoms with Gasteiger partial charge in [0.15, 0.2) is 17.5 Å². The Bertz CT molecular complexity index is 2370. The summed E-state index contributed by atoms with van der Waals surface area (Å²) in [5.41, 5.74) is 10.2. The van der Waals surface area contributed by atoms with Crippen molar-refractivity contribution in [3.8, 4) is 73.6 Å². The smallest absolute Gasteiger partial charge is 0.164 e. The van der Waals surface area contributed by atoms with Gasteiger partial charge >= 0.3 is 0 Å². The van der Waals surface area contributed by atoms with Crippen molar-refractivity contribution in [2.24, 2.45) is 0 Å². The predicted molar refractivity (Wildman–Crippen MR) is 195 cm³/mol. The zero-order chi connectivity index (χ0) is 32.3. The first-order chi connectivity index (χ1) is 23.7. The summed E-state index contributed by atoms with van der Waals surface area (Å²) in [5, 5.41) is 11.8. The first-order valence-corrected chi connectivity index (χ1v) is 15.8. The first kappa shape index (κ1) is 28.8. The summed E-state index contributed by atoms with van der Waals surface area (Å²) in [5.74, 6) is 1.94. The Morgan fingerprint density at radius 3 is 1.23 bits per heavy atom. The van der Waals surface area contributed by atoms with Gasteiger partial charge in [0.25, 0.3) is 0 Å². The fourth-order valence-corrected chi connectivity index (χ4v) is 6.15. The van der Waals surface area contributed by atoms with Crippen molar-refractivity contribution in [2.45, 2.75) is 0 Å². The molecule has 0 fully saturated rings. The molecule has 0 aliphatic rings. The van der Waals surface area contributed by atoms with Crippen LogP contribution in [0.3, 0.4) is 0 Å². The fraction of sp³-hybridized carbons (Fsp3) is 0. The van der Waals surface area contributed by atoms with Gasteiger partial charge in [-0.1, -0.05) is 158 Å². The standard InChI is InChI=1S/C44H28N4/c45-29-30-10-9-15-37(28-30)39-27-26-38(40-16-7-8-17-41(39)40)33-22-18-31(19-23-33)32-20-24-36(25-21-32)44-47-42(34-11-3-1-4-12-34)46-43(48-44)35-13-5-2-6-14-35/h1-28H. The van der Waals surface area contributed by atoms with Crippen molar-refractivity contribution in [1.29, 1.82) is 5.26 Å². The highest BCUT2D eigenvalue weighted by Crippen LogP contribution is 2.37. The number of hydrogen-bond donors (Lipinski definition) is 0. The molecule has 4 heteroatoms. The summed E-state index contributed by atoms with van der Waals surface area (Å²) >= 11 is 0. The second-order valence-electron chi connectivity index (χ2n) is 11.6. The Morgan fingerprint density at radius 2 is 0.729 bits per heavy atom. The van der Waals surface area contributed by atoms with E-state index in [0.29, 0.717) is 23.0 Å². The molecule has 0 spiro atoms. The second kappa shape index (κ2) is 12.6. The number of fused-ring (bicyclic) bond motifs is 1. The van der Waals surface area contributed by atoms with Crippen molar-refractivity contribution >= 4 is 10.8 Å². The molecule has 0 N–H and O–H groups in total. The predicted octanol–water partition coefficient (Wildman–Crippen LogP) is 10.9. The maximum atomic E-state index is 9.43. The van der Waals surface area contributed by atoms with Gasteiger partial charge in [0, 0.05) is 16.7 Å². The number of benzene rings is 7. The minimum absolute atomic E-state index is 0.638. The average molecular weight is 613 g/mol. The number of aromatic nitrogens is 3. The summed E-state index contributed by atoms with van der Waals surface area (Å²) in [7, 11) is 0. The lowest BCUT2D eigenvalue weighted by Crippen LogP contribution is -2.00. The van der Waals surface area contributed by atoms with E-state index in [1.54, 1.807) is 0 Å². The third-order valence-electron chi connectivity index (χ3n) is 8.60. The highest BCUT2D eigenvalue weighted by atomic mass is 15.0. The van der Waals surface area contributed by atoms with Crippen LogP contribution < -0.4 is 0 Å². The van der Waals surface area contributed by atoms with Crippen LogP contribution in [0.15, 0.2) is 170 Å². The minimum atomic E-state index is 0.638. The summed E-state index contributed by atoms with van der Waals surface area (Å²) in [6.07, 6.45) is 0. The molecule has 224 valence electrons. The van der Waals surface area contributed by atoms with Crippen LogP contribution in [-0.4, -0.2) is 15.0 Å². The van der Waals surface area contributed by atoms with Crippen molar-refractivity contribution < 1.29 is 0 Å². The molecule has 48 heavy (non-hydrogen) atoms. The number of nitrogens with zero attached hydrogens (tertiary/aromatic N) is 4. The molecule has 0 saturated heterocycles. The molecular formula is C44H28N4. The van der Waals surface area contributed by atoms with E-state index in [9.17, 15) is 5.26 Å². The van der Waals surface area contributed by atoms with Crippen molar-refractivity contribution in [2.75, 3.05) is 0 Å². The Kier molecular flexibility index (Phi) is 7.54. The summed E-state index contributed by atoms with van der Waals surface area (Å²) < 4.78 is 0. The highest BCUT2D eigenvalue weighted by molar-refractivity contribution is 6.05. The molecule has 0 bridgehead atoms. The molecule has 0 amide bonds. The van der Waals surface area contributed by atoms with Gasteiger partial charge in [-0.15, -0.1) is 0 Å². The van der Waals surface area contributed by atoms with Gasteiger partial charge in [-0.25, -0.2) is 15.0 Å². The summed E-state index contributed by atoms with van der Waals surface area (Å²) in [6, 6.07) is 60.0. The molecule has 1 aromatic heterocycles. The lowest BCUT2D eigenvalue weighted by molar-refractivity contribution is 1.07. The van der Waals surface area contributed by atoms with Gasteiger partial charge in [-0.05, 0) is 56.3 Å². The average Bonchev–Trinajstić information content (AvgIpc) is 3.18. The number of rotatable bonds is 6. The number of hydrogen-bond acceptors (Lipinski definition) is 4. The van der Waals surface area contributed by atoms with E-state index in [1.165, 1.54) is 10.9 Å². The van der Waals surface area contributed by atoms with Crippen molar-refractivity contribution in [1.82, 2.24) is 15.0 Å². The monoisotopic (exact) mass is 612 g/mol. The molecule has 0 atom stereocenters. The van der Waals surface area contributed by atoms with Gasteiger partial charge in [0.1, 0.15) is 0 Å². The van der Waals surface area contributed by atoms with E-state index in [-0.39, 0.29) is 0 Å². The molecule has 4 nitrogen and oxygen atoms in total. The topological polar surface area (TPSA) is 62.5 Å². The Balaban J connectivity index is 1.11. The zero-order valence-corrected chi connectivity index (χ0v) is 26.0. The minimum Gasteiger partial charge on any atom is -0.208 e. The molecule has 7 aromatic carbocycles. The van der Waals surface area contributed by atoms with Crippen LogP contribution in [-0.2, 0) is 0 Å². The third kappa shape index (κ3) is 5.62. The molecule has 0 unspecified atom stereocenters. The van der Waals surface area contributed by atoms with Crippen molar-refractivity contribution in [3.05, 3.63) is 175 Å². The van der Waals surface area contributed by atoms with Crippen molar-refractivity contribution in [3.63, 3.8) is 0 Å². The number of nitriles is 1. The molecule has 8 aromatic rings. The van der Waals surface area contributed by atoms with Crippen LogP contribution in [0.1, 0.15) is 5.56 Å². The van der Waals surface area contributed by atoms with Crippen LogP contribution in [0.5, 0.6) is 0 Å². The van der Waals surface area contributed by atoms with Gasteiger partial charge < -0.3 is 0 Å². The molecule has 0 aliphatic carbocycles. The van der Waals surface area contributed by atoms with Crippen LogP contribution in [0.4, 0.5) is 0 Å². The van der Waals surface area contributed by atoms with Crippen LogP contribution >= 0.6 is 0 Å². The van der Waals surface area contributed by atoms with E-state index in [2.05, 4.69) is 97.1 Å². The Labute approximate surface area is 279 Å². The second-order valence-corrected chi connectivity index (χ2v) is 11.6. The molecule has 0 saturated carbocycles. The lowest BCUT2D eigenvalue weighted by atomic mass is 9.91. The maximum Gasteiger partial charge on any atom is 0.164 e. The largest absolute Gasteiger partial charge is 0.208 e. The first-order valence-electron chi connectivity index (χ1n) is 15.8. The molecular weight excluding hydrogens is 585 g/mol. The van der Waals surface area contributed by atoms with Gasteiger partial charge in [0.05, 0.1) is 11.6 Å². The van der Waals surface area contributed by atoms with E-state index >= 15 is 0 Å². The molecule has 0 radical (unpaired) electrons. The fourth-order valence-electron chi connectivity index (χ4n) is 6.15. The SMILES string of the molecule is N#Cc1cccc(-c2ccc(-c3ccc(-c4ccc(-c5nc(-c6ccccc6)nc(-c6ccccc6)n5)cc4)cc3)c3ccccc23)c1. The molecule has 1 heterocycles. The van der Waals surface area contributed by atoms with Gasteiger partial charge in [0.2, 0.25) is 0 Å².